The van der Waals surface area contributed by atoms with Gasteiger partial charge in [-0.15, -0.1) is 12.4 Å². The van der Waals surface area contributed by atoms with E-state index in [2.05, 4.69) is 4.90 Å². The molecule has 0 N–H and O–H groups in total. The molecule has 0 spiro atoms. The molecule has 0 bridgehead atoms. The standard InChI is InChI=1S/C16H23NO4.ClH/c1-13-4-3-5-15(10-13)20-12-16(18)21-14(2)11-17-6-8-19-9-7-17;/h3-5,10,14H,6-9,11-12H2,1-2H3;1H. The van der Waals surface area contributed by atoms with Gasteiger partial charge in [0.15, 0.2) is 6.61 Å². The number of halogens is 1. The number of nitrogens with zero attached hydrogens (tertiary/aromatic N) is 1. The third-order valence-electron chi connectivity index (χ3n) is 3.30. The van der Waals surface area contributed by atoms with Gasteiger partial charge in [0, 0.05) is 19.6 Å². The summed E-state index contributed by atoms with van der Waals surface area (Å²) in [6.45, 7) is 7.84. The number of hydrogen-bond donors (Lipinski definition) is 0. The van der Waals surface area contributed by atoms with Crippen molar-refractivity contribution in [2.24, 2.45) is 0 Å². The Morgan fingerprint density at radius 3 is 2.77 bits per heavy atom. The predicted octanol–water partition coefficient (Wildman–Crippen LogP) is 2.06. The van der Waals surface area contributed by atoms with Crippen molar-refractivity contribution >= 4 is 18.4 Å². The van der Waals surface area contributed by atoms with Crippen molar-refractivity contribution in [1.82, 2.24) is 4.90 Å². The highest BCUT2D eigenvalue weighted by Crippen LogP contribution is 2.12. The Balaban J connectivity index is 0.00000242. The summed E-state index contributed by atoms with van der Waals surface area (Å²) >= 11 is 0. The van der Waals surface area contributed by atoms with Crippen LogP contribution in [0.5, 0.6) is 5.75 Å². The summed E-state index contributed by atoms with van der Waals surface area (Å²) in [7, 11) is 0. The average Bonchev–Trinajstić information content (AvgIpc) is 2.46. The normalized spacial score (nSPS) is 16.5. The molecule has 1 atom stereocenters. The maximum Gasteiger partial charge on any atom is 0.344 e. The maximum absolute atomic E-state index is 11.8. The molecule has 1 fully saturated rings. The second-order valence-electron chi connectivity index (χ2n) is 5.32. The molecule has 0 aromatic heterocycles. The minimum atomic E-state index is -0.336. The Morgan fingerprint density at radius 1 is 1.36 bits per heavy atom. The zero-order valence-corrected chi connectivity index (χ0v) is 13.9. The fraction of sp³-hybridized carbons (Fsp3) is 0.562. The van der Waals surface area contributed by atoms with Gasteiger partial charge in [-0.05, 0) is 31.5 Å². The van der Waals surface area contributed by atoms with Crippen LogP contribution in [0.1, 0.15) is 12.5 Å². The van der Waals surface area contributed by atoms with Gasteiger partial charge in [-0.2, -0.15) is 0 Å². The number of hydrogen-bond acceptors (Lipinski definition) is 5. The molecular weight excluding hydrogens is 306 g/mol. The Hall–Kier alpha value is -1.30. The Kier molecular flexibility index (Phi) is 8.24. The van der Waals surface area contributed by atoms with E-state index in [0.29, 0.717) is 5.75 Å². The molecule has 0 aliphatic carbocycles. The van der Waals surface area contributed by atoms with Gasteiger partial charge in [-0.25, -0.2) is 4.79 Å². The van der Waals surface area contributed by atoms with Crippen molar-refractivity contribution < 1.29 is 19.0 Å². The molecule has 2 rings (SSSR count). The third kappa shape index (κ3) is 6.64. The van der Waals surface area contributed by atoms with E-state index in [-0.39, 0.29) is 31.1 Å². The molecule has 1 unspecified atom stereocenters. The molecule has 6 heteroatoms. The van der Waals surface area contributed by atoms with Gasteiger partial charge >= 0.3 is 5.97 Å². The van der Waals surface area contributed by atoms with Crippen LogP contribution in [0.25, 0.3) is 0 Å². The largest absolute Gasteiger partial charge is 0.482 e. The second-order valence-corrected chi connectivity index (χ2v) is 5.32. The summed E-state index contributed by atoms with van der Waals surface area (Å²) in [5.41, 5.74) is 1.10. The molecular formula is C16H24ClNO4. The highest BCUT2D eigenvalue weighted by atomic mass is 35.5. The third-order valence-corrected chi connectivity index (χ3v) is 3.30. The fourth-order valence-corrected chi connectivity index (χ4v) is 2.29. The summed E-state index contributed by atoms with van der Waals surface area (Å²) in [4.78, 5) is 14.0. The van der Waals surface area contributed by atoms with E-state index in [0.717, 1.165) is 38.4 Å². The quantitative estimate of drug-likeness (QED) is 0.748. The number of morpholine rings is 1. The zero-order chi connectivity index (χ0) is 15.1. The monoisotopic (exact) mass is 329 g/mol. The van der Waals surface area contributed by atoms with Gasteiger partial charge in [0.05, 0.1) is 13.2 Å². The Morgan fingerprint density at radius 2 is 2.09 bits per heavy atom. The van der Waals surface area contributed by atoms with E-state index < -0.39 is 0 Å². The molecule has 124 valence electrons. The SMILES string of the molecule is Cc1cccc(OCC(=O)OC(C)CN2CCOCC2)c1.Cl. The van der Waals surface area contributed by atoms with Crippen LogP contribution in [0.15, 0.2) is 24.3 Å². The minimum Gasteiger partial charge on any atom is -0.482 e. The van der Waals surface area contributed by atoms with E-state index in [9.17, 15) is 4.79 Å². The van der Waals surface area contributed by atoms with E-state index in [1.807, 2.05) is 38.1 Å². The number of benzene rings is 1. The van der Waals surface area contributed by atoms with Crippen LogP contribution in [-0.2, 0) is 14.3 Å². The topological polar surface area (TPSA) is 48.0 Å². The van der Waals surface area contributed by atoms with Crippen LogP contribution >= 0.6 is 12.4 Å². The second kappa shape index (κ2) is 9.66. The number of aryl methyl sites for hydroxylation is 1. The molecule has 22 heavy (non-hydrogen) atoms. The van der Waals surface area contributed by atoms with Crippen molar-refractivity contribution in [3.05, 3.63) is 29.8 Å². The molecule has 1 aromatic rings. The number of carbonyl (C=O) groups is 1. The molecule has 0 amide bonds. The maximum atomic E-state index is 11.8. The molecule has 1 aliphatic heterocycles. The molecule has 5 nitrogen and oxygen atoms in total. The summed E-state index contributed by atoms with van der Waals surface area (Å²) in [5.74, 6) is 0.352. The molecule has 0 radical (unpaired) electrons. The first-order valence-electron chi connectivity index (χ1n) is 7.32. The molecule has 0 saturated carbocycles. The van der Waals surface area contributed by atoms with Crippen molar-refractivity contribution in [2.45, 2.75) is 20.0 Å². The van der Waals surface area contributed by atoms with Gasteiger partial charge in [-0.1, -0.05) is 12.1 Å². The average molecular weight is 330 g/mol. The summed E-state index contributed by atoms with van der Waals surface area (Å²) in [5, 5.41) is 0. The summed E-state index contributed by atoms with van der Waals surface area (Å²) < 4.78 is 16.1. The number of carbonyl (C=O) groups excluding carboxylic acids is 1. The number of esters is 1. The molecule has 1 aromatic carbocycles. The highest BCUT2D eigenvalue weighted by molar-refractivity contribution is 5.85. The molecule has 1 aliphatic rings. The summed E-state index contributed by atoms with van der Waals surface area (Å²) in [6, 6.07) is 7.61. The van der Waals surface area contributed by atoms with E-state index in [4.69, 9.17) is 14.2 Å². The zero-order valence-electron chi connectivity index (χ0n) is 13.1. The Bertz CT molecular complexity index is 463. The van der Waals surface area contributed by atoms with Crippen molar-refractivity contribution in [1.29, 1.82) is 0 Å². The van der Waals surface area contributed by atoms with Crippen LogP contribution in [0, 0.1) is 6.92 Å². The first-order chi connectivity index (χ1) is 10.1. The fourth-order valence-electron chi connectivity index (χ4n) is 2.29. The number of ether oxygens (including phenoxy) is 3. The van der Waals surface area contributed by atoms with Crippen LogP contribution in [0.3, 0.4) is 0 Å². The number of rotatable bonds is 6. The first kappa shape index (κ1) is 18.7. The van der Waals surface area contributed by atoms with E-state index in [1.54, 1.807) is 0 Å². The highest BCUT2D eigenvalue weighted by Gasteiger charge is 2.16. The van der Waals surface area contributed by atoms with Crippen LogP contribution in [-0.4, -0.2) is 56.4 Å². The minimum absolute atomic E-state index is 0. The lowest BCUT2D eigenvalue weighted by Gasteiger charge is -2.28. The molecule has 1 heterocycles. The molecule has 1 saturated heterocycles. The van der Waals surface area contributed by atoms with Gasteiger partial charge in [0.25, 0.3) is 0 Å². The van der Waals surface area contributed by atoms with Gasteiger partial charge < -0.3 is 14.2 Å². The van der Waals surface area contributed by atoms with Crippen LogP contribution < -0.4 is 4.74 Å². The van der Waals surface area contributed by atoms with Gasteiger partial charge in [0.1, 0.15) is 11.9 Å². The lowest BCUT2D eigenvalue weighted by molar-refractivity contribution is -0.151. The Labute approximate surface area is 137 Å². The lowest BCUT2D eigenvalue weighted by Crippen LogP contribution is -2.41. The van der Waals surface area contributed by atoms with Crippen molar-refractivity contribution in [3.8, 4) is 5.75 Å². The van der Waals surface area contributed by atoms with Crippen molar-refractivity contribution in [3.63, 3.8) is 0 Å². The predicted molar refractivity (Wildman–Crippen MR) is 86.7 cm³/mol. The van der Waals surface area contributed by atoms with Gasteiger partial charge in [0.2, 0.25) is 0 Å². The smallest absolute Gasteiger partial charge is 0.344 e. The van der Waals surface area contributed by atoms with E-state index >= 15 is 0 Å². The van der Waals surface area contributed by atoms with E-state index in [1.165, 1.54) is 0 Å². The first-order valence-corrected chi connectivity index (χ1v) is 7.32. The van der Waals surface area contributed by atoms with Crippen LogP contribution in [0.2, 0.25) is 0 Å². The van der Waals surface area contributed by atoms with Crippen LogP contribution in [0.4, 0.5) is 0 Å². The van der Waals surface area contributed by atoms with Crippen molar-refractivity contribution in [2.75, 3.05) is 39.5 Å². The summed E-state index contributed by atoms with van der Waals surface area (Å²) in [6.07, 6.45) is -0.142. The lowest BCUT2D eigenvalue weighted by atomic mass is 10.2. The van der Waals surface area contributed by atoms with Gasteiger partial charge in [-0.3, -0.25) is 4.90 Å².